The lowest BCUT2D eigenvalue weighted by Crippen LogP contribution is -2.02. The van der Waals surface area contributed by atoms with Crippen molar-refractivity contribution in [2.75, 3.05) is 19.5 Å². The van der Waals surface area contributed by atoms with Gasteiger partial charge in [0.05, 0.1) is 14.2 Å². The predicted octanol–water partition coefficient (Wildman–Crippen LogP) is 3.04. The summed E-state index contributed by atoms with van der Waals surface area (Å²) >= 11 is 0. The molecule has 2 rings (SSSR count). The number of ether oxygens (including phenoxy) is 2. The van der Waals surface area contributed by atoms with E-state index in [-0.39, 0.29) is 11.5 Å². The number of methoxy groups -OCH3 is 2. The smallest absolute Gasteiger partial charge is 0.200 e. The van der Waals surface area contributed by atoms with Crippen LogP contribution in [0, 0.1) is 6.92 Å². The molecule has 0 aliphatic heterocycles. The number of rotatable bonds is 5. The number of hydrogen-bond acceptors (Lipinski definition) is 5. The summed E-state index contributed by atoms with van der Waals surface area (Å²) in [5.41, 5.74) is 2.79. The van der Waals surface area contributed by atoms with Crippen LogP contribution in [-0.4, -0.2) is 24.4 Å². The Morgan fingerprint density at radius 1 is 1.00 bits per heavy atom. The van der Waals surface area contributed by atoms with Gasteiger partial charge in [-0.25, -0.2) is 0 Å². The highest BCUT2D eigenvalue weighted by Gasteiger charge is 2.11. The molecule has 0 heterocycles. The molecule has 0 radical (unpaired) electrons. The molecule has 0 saturated carbocycles. The number of benzene rings is 2. The molecule has 0 atom stereocenters. The van der Waals surface area contributed by atoms with Crippen LogP contribution in [-0.2, 0) is 6.54 Å². The molecule has 112 valence electrons. The van der Waals surface area contributed by atoms with Gasteiger partial charge in [0.15, 0.2) is 11.5 Å². The third-order valence-corrected chi connectivity index (χ3v) is 3.23. The van der Waals surface area contributed by atoms with Gasteiger partial charge in [-0.1, -0.05) is 0 Å². The molecule has 0 spiro atoms. The summed E-state index contributed by atoms with van der Waals surface area (Å²) in [5, 5.41) is 22.6. The molecule has 3 N–H and O–H groups in total. The van der Waals surface area contributed by atoms with Gasteiger partial charge in [-0.15, -0.1) is 0 Å². The maximum atomic E-state index is 9.87. The minimum Gasteiger partial charge on any atom is -0.508 e. The van der Waals surface area contributed by atoms with E-state index >= 15 is 0 Å². The van der Waals surface area contributed by atoms with Gasteiger partial charge in [-0.3, -0.25) is 0 Å². The summed E-state index contributed by atoms with van der Waals surface area (Å²) in [6.45, 7) is 2.46. The molecule has 0 saturated heterocycles. The highest BCUT2D eigenvalue weighted by molar-refractivity contribution is 5.56. The maximum absolute atomic E-state index is 9.87. The second kappa shape index (κ2) is 6.26. The number of aryl methyl sites for hydroxylation is 1. The van der Waals surface area contributed by atoms with Gasteiger partial charge in [0.1, 0.15) is 5.75 Å². The van der Waals surface area contributed by atoms with Crippen molar-refractivity contribution in [1.82, 2.24) is 0 Å². The van der Waals surface area contributed by atoms with Crippen LogP contribution in [0.25, 0.3) is 0 Å². The summed E-state index contributed by atoms with van der Waals surface area (Å²) in [6.07, 6.45) is 0. The average molecular weight is 289 g/mol. The Bertz CT molecular complexity index is 615. The fourth-order valence-corrected chi connectivity index (χ4v) is 2.09. The normalized spacial score (nSPS) is 10.2. The molecule has 0 aliphatic carbocycles. The standard InChI is InChI=1S/C16H19NO4/c1-10-6-12(18)4-5-13(10)17-9-11-7-14(20-2)16(19)15(8-11)21-3/h4-8,17-19H,9H2,1-3H3. The fraction of sp³-hybridized carbons (Fsp3) is 0.250. The van der Waals surface area contributed by atoms with Crippen molar-refractivity contribution < 1.29 is 19.7 Å². The molecule has 5 nitrogen and oxygen atoms in total. The first-order valence-corrected chi connectivity index (χ1v) is 6.52. The molecule has 5 heteroatoms. The van der Waals surface area contributed by atoms with Crippen molar-refractivity contribution in [3.05, 3.63) is 41.5 Å². The van der Waals surface area contributed by atoms with E-state index in [1.807, 2.05) is 13.0 Å². The van der Waals surface area contributed by atoms with Crippen molar-refractivity contribution in [3.8, 4) is 23.0 Å². The summed E-state index contributed by atoms with van der Waals surface area (Å²) in [7, 11) is 2.99. The lowest BCUT2D eigenvalue weighted by Gasteiger charge is -2.13. The highest BCUT2D eigenvalue weighted by atomic mass is 16.5. The van der Waals surface area contributed by atoms with Gasteiger partial charge in [-0.2, -0.15) is 0 Å². The zero-order valence-electron chi connectivity index (χ0n) is 12.3. The Morgan fingerprint density at radius 3 is 2.14 bits per heavy atom. The first kappa shape index (κ1) is 14.8. The number of phenolic OH excluding ortho intramolecular Hbond substituents is 2. The Labute approximate surface area is 123 Å². The first-order chi connectivity index (χ1) is 10.0. The van der Waals surface area contributed by atoms with Crippen LogP contribution in [0.3, 0.4) is 0 Å². The molecule has 21 heavy (non-hydrogen) atoms. The van der Waals surface area contributed by atoms with Crippen LogP contribution >= 0.6 is 0 Å². The second-order valence-electron chi connectivity index (χ2n) is 4.70. The van der Waals surface area contributed by atoms with Gasteiger partial charge in [-0.05, 0) is 48.4 Å². The molecule has 0 aliphatic rings. The van der Waals surface area contributed by atoms with Crippen molar-refractivity contribution in [2.24, 2.45) is 0 Å². The third-order valence-electron chi connectivity index (χ3n) is 3.23. The van der Waals surface area contributed by atoms with E-state index in [1.165, 1.54) is 14.2 Å². The molecule has 2 aromatic carbocycles. The van der Waals surface area contributed by atoms with Crippen molar-refractivity contribution in [3.63, 3.8) is 0 Å². The minimum atomic E-state index is -0.00966. The molecular formula is C16H19NO4. The topological polar surface area (TPSA) is 71.0 Å². The zero-order valence-corrected chi connectivity index (χ0v) is 12.3. The third kappa shape index (κ3) is 3.31. The van der Waals surface area contributed by atoms with E-state index < -0.39 is 0 Å². The van der Waals surface area contributed by atoms with Crippen LogP contribution in [0.2, 0.25) is 0 Å². The van der Waals surface area contributed by atoms with E-state index in [9.17, 15) is 10.2 Å². The molecule has 0 aromatic heterocycles. The Kier molecular flexibility index (Phi) is 4.42. The SMILES string of the molecule is COc1cc(CNc2ccc(O)cc2C)cc(OC)c1O. The van der Waals surface area contributed by atoms with E-state index in [2.05, 4.69) is 5.32 Å². The molecule has 0 amide bonds. The Hall–Kier alpha value is -2.56. The maximum Gasteiger partial charge on any atom is 0.200 e. The summed E-state index contributed by atoms with van der Waals surface area (Å²) < 4.78 is 10.3. The summed E-state index contributed by atoms with van der Waals surface area (Å²) in [5.74, 6) is 0.970. The number of aromatic hydroxyl groups is 2. The van der Waals surface area contributed by atoms with Crippen molar-refractivity contribution in [1.29, 1.82) is 0 Å². The van der Waals surface area contributed by atoms with E-state index in [1.54, 1.807) is 24.3 Å². The van der Waals surface area contributed by atoms with Gasteiger partial charge in [0.25, 0.3) is 0 Å². The molecular weight excluding hydrogens is 270 g/mol. The zero-order chi connectivity index (χ0) is 15.4. The minimum absolute atomic E-state index is 0.00966. The first-order valence-electron chi connectivity index (χ1n) is 6.52. The van der Waals surface area contributed by atoms with Crippen LogP contribution in [0.5, 0.6) is 23.0 Å². The van der Waals surface area contributed by atoms with Crippen LogP contribution in [0.1, 0.15) is 11.1 Å². The van der Waals surface area contributed by atoms with Crippen molar-refractivity contribution >= 4 is 5.69 Å². The quantitative estimate of drug-likeness (QED) is 0.738. The number of hydrogen-bond donors (Lipinski definition) is 3. The Morgan fingerprint density at radius 2 is 1.62 bits per heavy atom. The predicted molar refractivity (Wildman–Crippen MR) is 81.4 cm³/mol. The van der Waals surface area contributed by atoms with Gasteiger partial charge in [0.2, 0.25) is 5.75 Å². The van der Waals surface area contributed by atoms with E-state index in [0.29, 0.717) is 18.0 Å². The highest BCUT2D eigenvalue weighted by Crippen LogP contribution is 2.37. The molecule has 0 fully saturated rings. The van der Waals surface area contributed by atoms with Crippen LogP contribution < -0.4 is 14.8 Å². The Balaban J connectivity index is 2.19. The van der Waals surface area contributed by atoms with Crippen LogP contribution in [0.15, 0.2) is 30.3 Å². The lowest BCUT2D eigenvalue weighted by molar-refractivity contribution is 0.339. The van der Waals surface area contributed by atoms with Crippen molar-refractivity contribution in [2.45, 2.75) is 13.5 Å². The van der Waals surface area contributed by atoms with Gasteiger partial charge in [0, 0.05) is 12.2 Å². The largest absolute Gasteiger partial charge is 0.508 e. The average Bonchev–Trinajstić information content (AvgIpc) is 2.47. The second-order valence-corrected chi connectivity index (χ2v) is 4.70. The molecule has 2 aromatic rings. The number of anilines is 1. The van der Waals surface area contributed by atoms with Crippen LogP contribution in [0.4, 0.5) is 5.69 Å². The fourth-order valence-electron chi connectivity index (χ4n) is 2.09. The van der Waals surface area contributed by atoms with Gasteiger partial charge < -0.3 is 25.0 Å². The monoisotopic (exact) mass is 289 g/mol. The lowest BCUT2D eigenvalue weighted by atomic mass is 10.1. The molecule has 0 unspecified atom stereocenters. The van der Waals surface area contributed by atoms with E-state index in [0.717, 1.165) is 16.8 Å². The van der Waals surface area contributed by atoms with E-state index in [4.69, 9.17) is 9.47 Å². The molecule has 0 bridgehead atoms. The number of nitrogens with one attached hydrogen (secondary N) is 1. The van der Waals surface area contributed by atoms with Gasteiger partial charge >= 0.3 is 0 Å². The summed E-state index contributed by atoms with van der Waals surface area (Å²) in [4.78, 5) is 0. The summed E-state index contributed by atoms with van der Waals surface area (Å²) in [6, 6.07) is 8.65. The number of phenols is 2.